The molecule has 1 N–H and O–H groups in total. The molecule has 1 unspecified atom stereocenters. The molecule has 4 rings (SSSR count). The van der Waals surface area contributed by atoms with Crippen LogP contribution in [0, 0.1) is 6.92 Å². The van der Waals surface area contributed by atoms with Crippen LogP contribution in [-0.4, -0.2) is 47.2 Å². The molecule has 2 heterocycles. The highest BCUT2D eigenvalue weighted by Crippen LogP contribution is 2.33. The number of hydrogen-bond donors (Lipinski definition) is 1. The van der Waals surface area contributed by atoms with Gasteiger partial charge >= 0.3 is 0 Å². The predicted octanol–water partition coefficient (Wildman–Crippen LogP) is 3.05. The van der Waals surface area contributed by atoms with Crippen LogP contribution in [0.1, 0.15) is 22.6 Å². The number of sulfone groups is 1. The van der Waals surface area contributed by atoms with Crippen molar-refractivity contribution in [1.29, 1.82) is 0 Å². The lowest BCUT2D eigenvalue weighted by Gasteiger charge is -2.13. The highest BCUT2D eigenvalue weighted by Gasteiger charge is 2.29. The van der Waals surface area contributed by atoms with E-state index >= 15 is 0 Å². The fourth-order valence-electron chi connectivity index (χ4n) is 3.65. The summed E-state index contributed by atoms with van der Waals surface area (Å²) in [6.07, 6.45) is 0.635. The average molecular weight is 430 g/mol. The number of amides is 1. The van der Waals surface area contributed by atoms with Crippen LogP contribution in [0.15, 0.2) is 53.4 Å². The maximum absolute atomic E-state index is 12.8. The van der Waals surface area contributed by atoms with E-state index in [2.05, 4.69) is 14.9 Å². The molecular formula is C21H23N3O3S2. The normalized spacial score (nSPS) is 18.2. The first kappa shape index (κ1) is 20.0. The molecule has 8 heteroatoms. The van der Waals surface area contributed by atoms with E-state index in [-0.39, 0.29) is 22.7 Å². The minimum atomic E-state index is -2.94. The molecule has 0 bridgehead atoms. The number of rotatable bonds is 6. The number of carbonyl (C=O) groups excluding carboxylic acids is 1. The van der Waals surface area contributed by atoms with Gasteiger partial charge in [0.25, 0.3) is 5.91 Å². The number of aromatic nitrogens is 2. The third kappa shape index (κ3) is 4.48. The van der Waals surface area contributed by atoms with Crippen molar-refractivity contribution in [1.82, 2.24) is 14.9 Å². The molecular weight excluding hydrogens is 406 g/mol. The summed E-state index contributed by atoms with van der Waals surface area (Å²) < 4.78 is 25.5. The molecule has 1 aliphatic rings. The van der Waals surface area contributed by atoms with Crippen molar-refractivity contribution >= 4 is 38.5 Å². The Hall–Kier alpha value is -2.32. The van der Waals surface area contributed by atoms with Gasteiger partial charge < -0.3 is 9.88 Å². The molecule has 0 spiro atoms. The summed E-state index contributed by atoms with van der Waals surface area (Å²) in [5.74, 6) is 1.19. The molecule has 152 valence electrons. The summed E-state index contributed by atoms with van der Waals surface area (Å²) in [6, 6.07) is 15.3. The van der Waals surface area contributed by atoms with Crippen molar-refractivity contribution in [2.45, 2.75) is 30.0 Å². The number of aryl methyl sites for hydroxylation is 1. The Balaban J connectivity index is 1.42. The van der Waals surface area contributed by atoms with Crippen LogP contribution in [-0.2, 0) is 16.4 Å². The molecule has 2 aromatic carbocycles. The summed E-state index contributed by atoms with van der Waals surface area (Å²) >= 11 is 1.49. The minimum absolute atomic E-state index is 0.00825. The highest BCUT2D eigenvalue weighted by atomic mass is 32.2. The number of fused-ring (bicyclic) bond motifs is 1. The topological polar surface area (TPSA) is 81.1 Å². The van der Waals surface area contributed by atoms with Gasteiger partial charge in [0, 0.05) is 23.2 Å². The second kappa shape index (κ2) is 8.20. The Morgan fingerprint density at radius 3 is 2.76 bits per heavy atom. The lowest BCUT2D eigenvalue weighted by atomic mass is 10.2. The Morgan fingerprint density at radius 2 is 1.97 bits per heavy atom. The summed E-state index contributed by atoms with van der Waals surface area (Å²) in [5, 5.41) is 3.00. The zero-order valence-electron chi connectivity index (χ0n) is 16.2. The van der Waals surface area contributed by atoms with Crippen molar-refractivity contribution in [3.8, 4) is 0 Å². The van der Waals surface area contributed by atoms with E-state index in [9.17, 15) is 13.2 Å². The number of nitrogens with zero attached hydrogens (tertiary/aromatic N) is 2. The molecule has 0 saturated carbocycles. The van der Waals surface area contributed by atoms with Crippen molar-refractivity contribution in [3.05, 3.63) is 59.9 Å². The molecule has 1 atom stereocenters. The van der Waals surface area contributed by atoms with Crippen molar-refractivity contribution in [3.63, 3.8) is 0 Å². The van der Waals surface area contributed by atoms with Crippen LogP contribution >= 0.6 is 11.8 Å². The van der Waals surface area contributed by atoms with Gasteiger partial charge in [-0.25, -0.2) is 13.4 Å². The van der Waals surface area contributed by atoms with Crippen LogP contribution in [0.25, 0.3) is 11.0 Å². The first-order valence-corrected chi connectivity index (χ1v) is 12.3. The fraction of sp³-hybridized carbons (Fsp3) is 0.333. The maximum Gasteiger partial charge on any atom is 0.252 e. The van der Waals surface area contributed by atoms with Gasteiger partial charge in [-0.3, -0.25) is 4.79 Å². The SMILES string of the molecule is Cc1nc2ccccc2n1CCNC(=O)c1ccccc1SC1CCS(=O)(=O)C1. The number of nitrogens with one attached hydrogen (secondary N) is 1. The van der Waals surface area contributed by atoms with Crippen LogP contribution in [0.3, 0.4) is 0 Å². The summed E-state index contributed by atoms with van der Waals surface area (Å²) in [5.41, 5.74) is 2.59. The Labute approximate surface area is 174 Å². The van der Waals surface area contributed by atoms with Crippen LogP contribution in [0.4, 0.5) is 0 Å². The van der Waals surface area contributed by atoms with Gasteiger partial charge in [0.05, 0.1) is 28.1 Å². The number of benzene rings is 2. The Morgan fingerprint density at radius 1 is 1.21 bits per heavy atom. The van der Waals surface area contributed by atoms with Crippen molar-refractivity contribution in [2.75, 3.05) is 18.1 Å². The largest absolute Gasteiger partial charge is 0.350 e. The monoisotopic (exact) mass is 429 g/mol. The minimum Gasteiger partial charge on any atom is -0.350 e. The first-order valence-electron chi connectivity index (χ1n) is 9.59. The first-order chi connectivity index (χ1) is 13.9. The second-order valence-electron chi connectivity index (χ2n) is 7.19. The van der Waals surface area contributed by atoms with Gasteiger partial charge in [0.15, 0.2) is 9.84 Å². The molecule has 29 heavy (non-hydrogen) atoms. The number of para-hydroxylation sites is 2. The molecule has 1 aromatic heterocycles. The summed E-state index contributed by atoms with van der Waals surface area (Å²) in [6.45, 7) is 3.08. The van der Waals surface area contributed by atoms with E-state index in [1.807, 2.05) is 49.4 Å². The molecule has 3 aromatic rings. The molecule has 1 saturated heterocycles. The van der Waals surface area contributed by atoms with Crippen LogP contribution in [0.5, 0.6) is 0 Å². The number of carbonyl (C=O) groups is 1. The second-order valence-corrected chi connectivity index (χ2v) is 10.8. The van der Waals surface area contributed by atoms with E-state index in [1.165, 1.54) is 11.8 Å². The van der Waals surface area contributed by atoms with Gasteiger partial charge in [-0.05, 0) is 37.6 Å². The zero-order valence-corrected chi connectivity index (χ0v) is 17.8. The number of thioether (sulfide) groups is 1. The zero-order chi connectivity index (χ0) is 20.4. The van der Waals surface area contributed by atoms with E-state index in [1.54, 1.807) is 6.07 Å². The van der Waals surface area contributed by atoms with Gasteiger partial charge in [0.2, 0.25) is 0 Å². The maximum atomic E-state index is 12.8. The van der Waals surface area contributed by atoms with E-state index in [4.69, 9.17) is 0 Å². The lowest BCUT2D eigenvalue weighted by Crippen LogP contribution is -2.28. The molecule has 6 nitrogen and oxygen atoms in total. The Bertz CT molecular complexity index is 1150. The third-order valence-corrected chi connectivity index (χ3v) is 8.41. The van der Waals surface area contributed by atoms with E-state index < -0.39 is 9.84 Å². The smallest absolute Gasteiger partial charge is 0.252 e. The quantitative estimate of drug-likeness (QED) is 0.651. The molecule has 0 radical (unpaired) electrons. The molecule has 1 fully saturated rings. The summed E-state index contributed by atoms with van der Waals surface area (Å²) in [4.78, 5) is 18.2. The van der Waals surface area contributed by atoms with Gasteiger partial charge in [-0.15, -0.1) is 11.8 Å². The number of imidazole rings is 1. The van der Waals surface area contributed by atoms with Gasteiger partial charge in [-0.2, -0.15) is 0 Å². The van der Waals surface area contributed by atoms with Crippen LogP contribution < -0.4 is 5.32 Å². The predicted molar refractivity (Wildman–Crippen MR) is 116 cm³/mol. The van der Waals surface area contributed by atoms with Gasteiger partial charge in [0.1, 0.15) is 5.82 Å². The van der Waals surface area contributed by atoms with E-state index in [0.29, 0.717) is 25.1 Å². The molecule has 1 aliphatic heterocycles. The van der Waals surface area contributed by atoms with Crippen LogP contribution in [0.2, 0.25) is 0 Å². The highest BCUT2D eigenvalue weighted by molar-refractivity contribution is 8.02. The van der Waals surface area contributed by atoms with Gasteiger partial charge in [-0.1, -0.05) is 24.3 Å². The standard InChI is InChI=1S/C21H23N3O3S2/c1-15-23-18-7-3-4-8-19(18)24(15)12-11-22-21(25)17-6-2-5-9-20(17)28-16-10-13-29(26,27)14-16/h2-9,16H,10-14H2,1H3,(H,22,25). The lowest BCUT2D eigenvalue weighted by molar-refractivity contribution is 0.0949. The van der Waals surface area contributed by atoms with E-state index in [0.717, 1.165) is 21.8 Å². The molecule has 0 aliphatic carbocycles. The Kier molecular flexibility index (Phi) is 5.65. The van der Waals surface area contributed by atoms with Crippen molar-refractivity contribution < 1.29 is 13.2 Å². The van der Waals surface area contributed by atoms with Crippen molar-refractivity contribution in [2.24, 2.45) is 0 Å². The average Bonchev–Trinajstić information content (AvgIpc) is 3.20. The molecule has 1 amide bonds. The fourth-order valence-corrected chi connectivity index (χ4v) is 7.27. The summed E-state index contributed by atoms with van der Waals surface area (Å²) in [7, 11) is -2.94. The third-order valence-electron chi connectivity index (χ3n) is 5.08. The number of hydrogen-bond acceptors (Lipinski definition) is 5.